The molecule has 0 saturated heterocycles. The number of ether oxygens (including phenoxy) is 1. The Morgan fingerprint density at radius 2 is 1.65 bits per heavy atom. The first kappa shape index (κ1) is 23.5. The van der Waals surface area contributed by atoms with Gasteiger partial charge in [-0.1, -0.05) is 81.0 Å². The Kier molecular flexibility index (Phi) is 7.01. The summed E-state index contributed by atoms with van der Waals surface area (Å²) in [5.41, 5.74) is 4.61. The molecule has 0 saturated carbocycles. The minimum absolute atomic E-state index is 0.0238. The molecule has 0 aromatic heterocycles. The van der Waals surface area contributed by atoms with Crippen molar-refractivity contribution < 1.29 is 24.2 Å². The molecule has 4 rings (SSSR count). The van der Waals surface area contributed by atoms with Crippen LogP contribution in [0.25, 0.3) is 11.1 Å². The van der Waals surface area contributed by atoms with Crippen molar-refractivity contribution in [3.8, 4) is 11.1 Å². The van der Waals surface area contributed by atoms with Crippen LogP contribution in [-0.4, -0.2) is 41.8 Å². The minimum atomic E-state index is -1.04. The van der Waals surface area contributed by atoms with Crippen molar-refractivity contribution in [1.82, 2.24) is 10.6 Å². The van der Waals surface area contributed by atoms with Gasteiger partial charge in [0.05, 0.1) is 12.0 Å². The van der Waals surface area contributed by atoms with E-state index in [0.29, 0.717) is 12.8 Å². The molecular formula is C27H30N2O5. The van der Waals surface area contributed by atoms with Crippen molar-refractivity contribution in [2.24, 2.45) is 11.8 Å². The van der Waals surface area contributed by atoms with Crippen LogP contribution >= 0.6 is 0 Å². The minimum Gasteiger partial charge on any atom is -0.480 e. The zero-order chi connectivity index (χ0) is 24.2. The lowest BCUT2D eigenvalue weighted by atomic mass is 9.98. The molecule has 0 heterocycles. The summed E-state index contributed by atoms with van der Waals surface area (Å²) in [6.45, 7) is 3.90. The monoisotopic (exact) mass is 462 g/mol. The van der Waals surface area contributed by atoms with Crippen LogP contribution in [0.15, 0.2) is 60.7 Å². The summed E-state index contributed by atoms with van der Waals surface area (Å²) >= 11 is 0. The van der Waals surface area contributed by atoms with Crippen molar-refractivity contribution in [3.63, 3.8) is 0 Å². The number of carbonyl (C=O) groups is 3. The number of benzene rings is 2. The number of hydrogen-bond donors (Lipinski definition) is 3. The van der Waals surface area contributed by atoms with Gasteiger partial charge in [0.15, 0.2) is 0 Å². The molecule has 0 aliphatic heterocycles. The molecule has 7 nitrogen and oxygen atoms in total. The molecule has 0 radical (unpaired) electrons. The van der Waals surface area contributed by atoms with Crippen molar-refractivity contribution in [3.05, 3.63) is 71.8 Å². The highest BCUT2D eigenvalue weighted by Gasteiger charge is 2.32. The maximum absolute atomic E-state index is 12.6. The quantitative estimate of drug-likeness (QED) is 0.513. The predicted octanol–water partition coefficient (Wildman–Crippen LogP) is 4.09. The number of aliphatic carboxylic acids is 1. The van der Waals surface area contributed by atoms with E-state index in [-0.39, 0.29) is 30.4 Å². The summed E-state index contributed by atoms with van der Waals surface area (Å²) in [7, 11) is 0. The smallest absolute Gasteiger partial charge is 0.407 e. The lowest BCUT2D eigenvalue weighted by Crippen LogP contribution is -2.47. The first-order chi connectivity index (χ1) is 16.4. The normalized spacial score (nSPS) is 20.2. The van der Waals surface area contributed by atoms with E-state index in [1.54, 1.807) is 19.1 Å². The van der Waals surface area contributed by atoms with Crippen molar-refractivity contribution in [1.29, 1.82) is 0 Å². The molecular weight excluding hydrogens is 432 g/mol. The van der Waals surface area contributed by atoms with Crippen molar-refractivity contribution in [2.45, 2.75) is 44.7 Å². The van der Waals surface area contributed by atoms with Crippen LogP contribution in [0.4, 0.5) is 4.79 Å². The van der Waals surface area contributed by atoms with E-state index >= 15 is 0 Å². The van der Waals surface area contributed by atoms with E-state index in [1.807, 2.05) is 31.2 Å². The van der Waals surface area contributed by atoms with E-state index in [1.165, 1.54) is 0 Å². The Balaban J connectivity index is 1.30. The molecule has 0 fully saturated rings. The van der Waals surface area contributed by atoms with Crippen LogP contribution in [0, 0.1) is 11.8 Å². The van der Waals surface area contributed by atoms with Gasteiger partial charge in [0.1, 0.15) is 12.6 Å². The average Bonchev–Trinajstić information content (AvgIpc) is 3.43. The Hall–Kier alpha value is -3.61. The highest BCUT2D eigenvalue weighted by atomic mass is 16.5. The van der Waals surface area contributed by atoms with Crippen LogP contribution in [-0.2, 0) is 14.3 Å². The summed E-state index contributed by atoms with van der Waals surface area (Å²) in [4.78, 5) is 36.6. The number of carboxylic acids is 1. The molecule has 178 valence electrons. The molecule has 7 heteroatoms. The number of fused-ring (bicyclic) bond motifs is 3. The van der Waals surface area contributed by atoms with Gasteiger partial charge in [-0.05, 0) is 34.6 Å². The Morgan fingerprint density at radius 3 is 2.24 bits per heavy atom. The largest absolute Gasteiger partial charge is 0.480 e. The van der Waals surface area contributed by atoms with Gasteiger partial charge in [0, 0.05) is 5.92 Å². The Bertz CT molecular complexity index is 1070. The summed E-state index contributed by atoms with van der Waals surface area (Å²) in [5.74, 6) is -2.09. The van der Waals surface area contributed by atoms with E-state index in [4.69, 9.17) is 4.74 Å². The van der Waals surface area contributed by atoms with Crippen LogP contribution < -0.4 is 10.6 Å². The fourth-order valence-corrected chi connectivity index (χ4v) is 4.74. The second-order valence-electron chi connectivity index (χ2n) is 9.01. The highest BCUT2D eigenvalue weighted by molar-refractivity contribution is 5.86. The number of rotatable bonds is 8. The second-order valence-corrected chi connectivity index (χ2v) is 9.01. The molecule has 3 N–H and O–H groups in total. The van der Waals surface area contributed by atoms with E-state index in [9.17, 15) is 19.5 Å². The van der Waals surface area contributed by atoms with E-state index < -0.39 is 24.0 Å². The van der Waals surface area contributed by atoms with E-state index in [0.717, 1.165) is 22.3 Å². The number of alkyl carbamates (subject to hydrolysis) is 1. The molecule has 2 aliphatic carbocycles. The van der Waals surface area contributed by atoms with Crippen LogP contribution in [0.1, 0.15) is 43.7 Å². The highest BCUT2D eigenvalue weighted by Crippen LogP contribution is 2.44. The summed E-state index contributed by atoms with van der Waals surface area (Å²) < 4.78 is 5.58. The van der Waals surface area contributed by atoms with Crippen LogP contribution in [0.5, 0.6) is 0 Å². The van der Waals surface area contributed by atoms with Crippen molar-refractivity contribution in [2.75, 3.05) is 6.61 Å². The molecule has 2 amide bonds. The lowest BCUT2D eigenvalue weighted by molar-refractivity contribution is -0.143. The molecule has 0 bridgehead atoms. The van der Waals surface area contributed by atoms with Gasteiger partial charge < -0.3 is 20.5 Å². The van der Waals surface area contributed by atoms with Crippen LogP contribution in [0.3, 0.4) is 0 Å². The number of amides is 2. The third-order valence-corrected chi connectivity index (χ3v) is 6.84. The summed E-state index contributed by atoms with van der Waals surface area (Å²) in [6, 6.07) is 15.0. The third-order valence-electron chi connectivity index (χ3n) is 6.84. The molecule has 34 heavy (non-hydrogen) atoms. The Labute approximate surface area is 199 Å². The maximum atomic E-state index is 12.6. The first-order valence-corrected chi connectivity index (χ1v) is 11.7. The summed E-state index contributed by atoms with van der Waals surface area (Å²) in [6.07, 6.45) is 3.93. The molecule has 4 atom stereocenters. The topological polar surface area (TPSA) is 105 Å². The SMILES string of the molecule is CCC(C)C(NC(=O)C1C=CC(NC(=O)OCC2c3ccccc3-c3ccccc32)C1)C(=O)O. The predicted molar refractivity (Wildman–Crippen MR) is 128 cm³/mol. The zero-order valence-electron chi connectivity index (χ0n) is 19.4. The van der Waals surface area contributed by atoms with Gasteiger partial charge in [0.25, 0.3) is 0 Å². The van der Waals surface area contributed by atoms with Gasteiger partial charge in [-0.25, -0.2) is 9.59 Å². The van der Waals surface area contributed by atoms with Crippen LogP contribution in [0.2, 0.25) is 0 Å². The number of nitrogens with one attached hydrogen (secondary N) is 2. The standard InChI is InChI=1S/C27H30N2O5/c1-3-16(2)24(26(31)32)29-25(30)17-12-13-18(14-17)28-27(33)34-15-23-21-10-6-4-8-19(21)20-9-5-7-11-22(20)23/h4-13,16-18,23-24H,3,14-15H2,1-2H3,(H,28,33)(H,29,30)(H,31,32). The van der Waals surface area contributed by atoms with Gasteiger partial charge in [-0.3, -0.25) is 4.79 Å². The van der Waals surface area contributed by atoms with Gasteiger partial charge >= 0.3 is 12.1 Å². The second kappa shape index (κ2) is 10.1. The molecule has 2 aromatic rings. The van der Waals surface area contributed by atoms with Gasteiger partial charge in [0.2, 0.25) is 5.91 Å². The Morgan fingerprint density at radius 1 is 1.03 bits per heavy atom. The molecule has 2 aromatic carbocycles. The zero-order valence-corrected chi connectivity index (χ0v) is 19.4. The fourth-order valence-electron chi connectivity index (χ4n) is 4.74. The molecule has 2 aliphatic rings. The van der Waals surface area contributed by atoms with Gasteiger partial charge in [-0.15, -0.1) is 0 Å². The maximum Gasteiger partial charge on any atom is 0.407 e. The first-order valence-electron chi connectivity index (χ1n) is 11.7. The lowest BCUT2D eigenvalue weighted by Gasteiger charge is -2.22. The number of carboxylic acid groups (broad SMARTS) is 1. The van der Waals surface area contributed by atoms with E-state index in [2.05, 4.69) is 34.9 Å². The molecule has 4 unspecified atom stereocenters. The third kappa shape index (κ3) is 4.83. The number of carbonyl (C=O) groups excluding carboxylic acids is 2. The fraction of sp³-hybridized carbons (Fsp3) is 0.370. The van der Waals surface area contributed by atoms with Gasteiger partial charge in [-0.2, -0.15) is 0 Å². The molecule has 0 spiro atoms. The summed E-state index contributed by atoms with van der Waals surface area (Å²) in [5, 5.41) is 14.8. The van der Waals surface area contributed by atoms with Crippen molar-refractivity contribution >= 4 is 18.0 Å². The average molecular weight is 463 g/mol. The number of hydrogen-bond acceptors (Lipinski definition) is 4.